The van der Waals surface area contributed by atoms with E-state index in [0.29, 0.717) is 24.5 Å². The average molecular weight is 356 g/mol. The van der Waals surface area contributed by atoms with Crippen LogP contribution in [-0.2, 0) is 11.3 Å². The number of rotatable bonds is 3. The molecule has 0 saturated carbocycles. The molecule has 3 saturated heterocycles. The molecule has 3 aliphatic heterocycles. The molecule has 130 valence electrons. The molecule has 0 radical (unpaired) electrons. The van der Waals surface area contributed by atoms with Crippen molar-refractivity contribution in [3.8, 4) is 0 Å². The zero-order valence-corrected chi connectivity index (χ0v) is 14.9. The van der Waals surface area contributed by atoms with Gasteiger partial charge in [0.05, 0.1) is 29.4 Å². The molecule has 2 aromatic heterocycles. The Kier molecular flexibility index (Phi) is 4.25. The fourth-order valence-electron chi connectivity index (χ4n) is 3.73. The second-order valence-corrected chi connectivity index (χ2v) is 7.55. The zero-order valence-electron chi connectivity index (χ0n) is 14.1. The quantitative estimate of drug-likeness (QED) is 0.845. The normalized spacial score (nSPS) is 23.0. The summed E-state index contributed by atoms with van der Waals surface area (Å²) in [7, 11) is 0. The van der Waals surface area contributed by atoms with Gasteiger partial charge in [0.2, 0.25) is 5.91 Å². The molecule has 0 N–H and O–H groups in total. The Hall–Kier alpha value is -2.28. The highest BCUT2D eigenvalue weighted by molar-refractivity contribution is 7.11. The third kappa shape index (κ3) is 3.04. The minimum atomic E-state index is -0.111. The lowest BCUT2D eigenvalue weighted by Gasteiger charge is -2.35. The van der Waals surface area contributed by atoms with Crippen molar-refractivity contribution >= 4 is 23.2 Å². The summed E-state index contributed by atoms with van der Waals surface area (Å²) in [5.41, 5.74) is 3.36. The monoisotopic (exact) mass is 356 g/mol. The fraction of sp³-hybridized carbons (Fsp3) is 0.444. The molecule has 0 aliphatic carbocycles. The Morgan fingerprint density at radius 2 is 2.16 bits per heavy atom. The molecule has 3 fully saturated rings. The third-order valence-corrected chi connectivity index (χ3v) is 6.00. The molecular weight excluding hydrogens is 336 g/mol. The van der Waals surface area contributed by atoms with Crippen LogP contribution in [-0.4, -0.2) is 50.7 Å². The largest absolute Gasteiger partial charge is 0.335 e. The number of pyridine rings is 1. The first-order valence-electron chi connectivity index (χ1n) is 8.53. The van der Waals surface area contributed by atoms with E-state index in [1.54, 1.807) is 11.7 Å². The molecule has 6 nitrogen and oxygen atoms in total. The van der Waals surface area contributed by atoms with Crippen LogP contribution in [0.15, 0.2) is 29.9 Å². The van der Waals surface area contributed by atoms with Crippen molar-refractivity contribution < 1.29 is 9.59 Å². The van der Waals surface area contributed by atoms with Crippen LogP contribution in [0.5, 0.6) is 0 Å². The fourth-order valence-corrected chi connectivity index (χ4v) is 4.50. The summed E-state index contributed by atoms with van der Waals surface area (Å²) < 4.78 is 0. The van der Waals surface area contributed by atoms with Gasteiger partial charge in [-0.2, -0.15) is 0 Å². The average Bonchev–Trinajstić information content (AvgIpc) is 2.87. The lowest BCUT2D eigenvalue weighted by atomic mass is 9.94. The van der Waals surface area contributed by atoms with E-state index in [9.17, 15) is 9.59 Å². The number of piperidine rings is 1. The van der Waals surface area contributed by atoms with Crippen LogP contribution < -0.4 is 0 Å². The van der Waals surface area contributed by atoms with Crippen molar-refractivity contribution in [3.63, 3.8) is 0 Å². The van der Waals surface area contributed by atoms with E-state index in [0.717, 1.165) is 24.2 Å². The van der Waals surface area contributed by atoms with Crippen LogP contribution in [0.4, 0.5) is 0 Å². The molecule has 2 aromatic rings. The summed E-state index contributed by atoms with van der Waals surface area (Å²) in [5.74, 6) is 0.0438. The summed E-state index contributed by atoms with van der Waals surface area (Å²) in [6.07, 6.45) is 3.54. The highest BCUT2D eigenvalue weighted by atomic mass is 32.1. The highest BCUT2D eigenvalue weighted by Crippen LogP contribution is 2.31. The Morgan fingerprint density at radius 3 is 2.88 bits per heavy atom. The minimum Gasteiger partial charge on any atom is -0.335 e. The van der Waals surface area contributed by atoms with E-state index in [1.165, 1.54) is 11.3 Å². The van der Waals surface area contributed by atoms with Crippen molar-refractivity contribution in [2.24, 2.45) is 5.92 Å². The predicted molar refractivity (Wildman–Crippen MR) is 94.1 cm³/mol. The molecule has 2 bridgehead atoms. The first-order chi connectivity index (χ1) is 12.1. The van der Waals surface area contributed by atoms with Gasteiger partial charge >= 0.3 is 0 Å². The SMILES string of the molecule is Cc1ncsc1C(=O)N1C[C@@H]2CC[C@H](C1)N(Cc1ccccn1)C2=O. The number of carbonyl (C=O) groups excluding carboxylic acids is 2. The molecule has 3 aliphatic rings. The Labute approximate surface area is 150 Å². The second-order valence-electron chi connectivity index (χ2n) is 6.69. The van der Waals surface area contributed by atoms with Gasteiger partial charge in [-0.3, -0.25) is 14.6 Å². The summed E-state index contributed by atoms with van der Waals surface area (Å²) in [6.45, 7) is 3.46. The standard InChI is InChI=1S/C18H20N4O2S/c1-12-16(25-11-20-12)18(24)21-8-13-5-6-15(10-21)22(17(13)23)9-14-4-2-3-7-19-14/h2-4,7,11,13,15H,5-6,8-10H2,1H3/t13-,15+/m0/s1. The van der Waals surface area contributed by atoms with Gasteiger partial charge in [0, 0.05) is 25.3 Å². The van der Waals surface area contributed by atoms with Crippen molar-refractivity contribution in [1.82, 2.24) is 19.8 Å². The van der Waals surface area contributed by atoms with E-state index in [1.807, 2.05) is 34.9 Å². The van der Waals surface area contributed by atoms with Gasteiger partial charge in [-0.15, -0.1) is 11.3 Å². The number of thiazole rings is 1. The van der Waals surface area contributed by atoms with Gasteiger partial charge in [0.25, 0.3) is 5.91 Å². The summed E-state index contributed by atoms with van der Waals surface area (Å²) in [5, 5.41) is 0. The smallest absolute Gasteiger partial charge is 0.265 e. The Morgan fingerprint density at radius 1 is 1.28 bits per heavy atom. The van der Waals surface area contributed by atoms with Gasteiger partial charge in [0.1, 0.15) is 4.88 Å². The summed E-state index contributed by atoms with van der Waals surface area (Å²) >= 11 is 1.37. The van der Waals surface area contributed by atoms with E-state index >= 15 is 0 Å². The lowest BCUT2D eigenvalue weighted by Crippen LogP contribution is -2.47. The van der Waals surface area contributed by atoms with Gasteiger partial charge in [-0.05, 0) is 31.9 Å². The van der Waals surface area contributed by atoms with E-state index in [2.05, 4.69) is 9.97 Å². The van der Waals surface area contributed by atoms with Crippen molar-refractivity contribution in [3.05, 3.63) is 46.2 Å². The summed E-state index contributed by atoms with van der Waals surface area (Å²) in [4.78, 5) is 38.7. The van der Waals surface area contributed by atoms with Crippen molar-refractivity contribution in [1.29, 1.82) is 0 Å². The number of nitrogens with zero attached hydrogens (tertiary/aromatic N) is 4. The van der Waals surface area contributed by atoms with Crippen LogP contribution in [0, 0.1) is 12.8 Å². The van der Waals surface area contributed by atoms with E-state index < -0.39 is 0 Å². The van der Waals surface area contributed by atoms with Crippen LogP contribution in [0.2, 0.25) is 0 Å². The van der Waals surface area contributed by atoms with Gasteiger partial charge in [0.15, 0.2) is 0 Å². The molecule has 5 heterocycles. The van der Waals surface area contributed by atoms with Crippen molar-refractivity contribution in [2.75, 3.05) is 13.1 Å². The van der Waals surface area contributed by atoms with Gasteiger partial charge < -0.3 is 9.80 Å². The molecule has 2 amide bonds. The van der Waals surface area contributed by atoms with E-state index in [-0.39, 0.29) is 23.8 Å². The first-order valence-corrected chi connectivity index (χ1v) is 9.41. The topological polar surface area (TPSA) is 66.4 Å². The maximum atomic E-state index is 12.9. The molecule has 0 aromatic carbocycles. The van der Waals surface area contributed by atoms with Gasteiger partial charge in [-0.25, -0.2) is 4.98 Å². The van der Waals surface area contributed by atoms with Crippen LogP contribution in [0.1, 0.15) is 33.9 Å². The molecule has 7 heteroatoms. The molecule has 0 unspecified atom stereocenters. The maximum Gasteiger partial charge on any atom is 0.265 e. The Bertz CT molecular complexity index is 791. The van der Waals surface area contributed by atoms with Crippen LogP contribution in [0.25, 0.3) is 0 Å². The number of hydrogen-bond acceptors (Lipinski definition) is 5. The number of aromatic nitrogens is 2. The minimum absolute atomic E-state index is 0.00406. The maximum absolute atomic E-state index is 12.9. The lowest BCUT2D eigenvalue weighted by molar-refractivity contribution is -0.140. The molecule has 25 heavy (non-hydrogen) atoms. The number of carbonyl (C=O) groups is 2. The Balaban J connectivity index is 1.56. The molecular formula is C18H20N4O2S. The second kappa shape index (κ2) is 6.55. The molecule has 5 rings (SSSR count). The molecule has 0 spiro atoms. The number of aryl methyl sites for hydroxylation is 1. The summed E-state index contributed by atoms with van der Waals surface area (Å²) in [6, 6.07) is 5.81. The van der Waals surface area contributed by atoms with Crippen LogP contribution in [0.3, 0.4) is 0 Å². The van der Waals surface area contributed by atoms with Crippen molar-refractivity contribution in [2.45, 2.75) is 32.4 Å². The first kappa shape index (κ1) is 16.2. The predicted octanol–water partition coefficient (Wildman–Crippen LogP) is 2.11. The highest BCUT2D eigenvalue weighted by Gasteiger charge is 2.42. The number of fused-ring (bicyclic) bond motifs is 4. The van der Waals surface area contributed by atoms with Crippen LogP contribution >= 0.6 is 11.3 Å². The number of amides is 2. The number of hydrogen-bond donors (Lipinski definition) is 0. The molecule has 2 atom stereocenters. The third-order valence-electron chi connectivity index (χ3n) is 5.08. The zero-order chi connectivity index (χ0) is 17.4. The van der Waals surface area contributed by atoms with Gasteiger partial charge in [-0.1, -0.05) is 6.07 Å². The van der Waals surface area contributed by atoms with E-state index in [4.69, 9.17) is 0 Å².